The van der Waals surface area contributed by atoms with Crippen molar-refractivity contribution in [2.45, 2.75) is 39.8 Å². The second kappa shape index (κ2) is 7.11. The molecule has 1 aromatic carbocycles. The van der Waals surface area contributed by atoms with Crippen LogP contribution in [0.4, 0.5) is 0 Å². The second-order valence-electron chi connectivity index (χ2n) is 5.75. The maximum Gasteiger partial charge on any atom is 0.312 e. The molecule has 0 fully saturated rings. The van der Waals surface area contributed by atoms with Crippen LogP contribution in [0.5, 0.6) is 5.75 Å². The number of nitrogens with zero attached hydrogens (tertiary/aromatic N) is 1. The monoisotopic (exact) mass is 292 g/mol. The van der Waals surface area contributed by atoms with Gasteiger partial charge in [-0.2, -0.15) is 0 Å². The highest BCUT2D eigenvalue weighted by Gasteiger charge is 2.29. The van der Waals surface area contributed by atoms with Crippen LogP contribution in [0, 0.1) is 0 Å². The van der Waals surface area contributed by atoms with E-state index in [1.165, 1.54) is 0 Å². The Morgan fingerprint density at radius 2 is 1.76 bits per heavy atom. The number of hydrogen-bond donors (Lipinski definition) is 1. The van der Waals surface area contributed by atoms with Gasteiger partial charge in [-0.15, -0.1) is 0 Å². The molecule has 0 aliphatic carbocycles. The van der Waals surface area contributed by atoms with E-state index in [-0.39, 0.29) is 5.54 Å². The summed E-state index contributed by atoms with van der Waals surface area (Å²) in [4.78, 5) is 25.6. The van der Waals surface area contributed by atoms with E-state index >= 15 is 0 Å². The van der Waals surface area contributed by atoms with E-state index in [4.69, 9.17) is 4.74 Å². The van der Waals surface area contributed by atoms with Gasteiger partial charge in [-0.25, -0.2) is 0 Å². The van der Waals surface area contributed by atoms with Crippen molar-refractivity contribution in [3.63, 3.8) is 0 Å². The number of likely N-dealkylation sites (N-methyl/N-ethyl adjacent to an activating group) is 1. The fourth-order valence-corrected chi connectivity index (χ4v) is 2.05. The van der Waals surface area contributed by atoms with Crippen molar-refractivity contribution in [1.29, 1.82) is 0 Å². The molecule has 0 heterocycles. The molecule has 0 radical (unpaired) electrons. The minimum absolute atomic E-state index is 0.316. The van der Waals surface area contributed by atoms with Crippen LogP contribution in [0.1, 0.15) is 33.3 Å². The van der Waals surface area contributed by atoms with Gasteiger partial charge < -0.3 is 15.0 Å². The van der Waals surface area contributed by atoms with Crippen molar-refractivity contribution in [2.24, 2.45) is 0 Å². The fourth-order valence-electron chi connectivity index (χ4n) is 2.05. The summed E-state index contributed by atoms with van der Waals surface area (Å²) in [5.74, 6) is -0.327. The highest BCUT2D eigenvalue weighted by atomic mass is 16.5. The van der Waals surface area contributed by atoms with Crippen LogP contribution < -0.4 is 10.1 Å². The highest BCUT2D eigenvalue weighted by molar-refractivity contribution is 6.35. The molecule has 1 N–H and O–H groups in total. The smallest absolute Gasteiger partial charge is 0.312 e. The van der Waals surface area contributed by atoms with Crippen LogP contribution >= 0.6 is 0 Å². The number of ether oxygens (including phenoxy) is 1. The van der Waals surface area contributed by atoms with Gasteiger partial charge in [0.1, 0.15) is 5.75 Å². The molecule has 0 bridgehead atoms. The number of amides is 2. The lowest BCUT2D eigenvalue weighted by Crippen LogP contribution is -2.51. The van der Waals surface area contributed by atoms with Crippen molar-refractivity contribution in [3.05, 3.63) is 29.8 Å². The normalized spacial score (nSPS) is 10.9. The van der Waals surface area contributed by atoms with Crippen molar-refractivity contribution < 1.29 is 14.3 Å². The number of methoxy groups -OCH3 is 1. The molecule has 0 aliphatic heterocycles. The molecule has 5 heteroatoms. The first-order valence-corrected chi connectivity index (χ1v) is 7.02. The summed E-state index contributed by atoms with van der Waals surface area (Å²) in [6, 6.07) is 7.34. The molecule has 0 atom stereocenters. The second-order valence-corrected chi connectivity index (χ2v) is 5.75. The van der Waals surface area contributed by atoms with Gasteiger partial charge in [0, 0.05) is 18.6 Å². The Balaban J connectivity index is 2.61. The molecule has 5 nitrogen and oxygen atoms in total. The third-order valence-electron chi connectivity index (χ3n) is 3.18. The van der Waals surface area contributed by atoms with Crippen LogP contribution in [0.15, 0.2) is 24.3 Å². The largest absolute Gasteiger partial charge is 0.497 e. The Labute approximate surface area is 126 Å². The Hall–Kier alpha value is -2.04. The van der Waals surface area contributed by atoms with Gasteiger partial charge >= 0.3 is 11.8 Å². The topological polar surface area (TPSA) is 58.6 Å². The number of benzene rings is 1. The number of nitrogens with one attached hydrogen (secondary N) is 1. The molecule has 1 aromatic rings. The van der Waals surface area contributed by atoms with E-state index in [0.717, 1.165) is 11.3 Å². The minimum atomic E-state index is -0.581. The zero-order valence-corrected chi connectivity index (χ0v) is 13.4. The fraction of sp³-hybridized carbons (Fsp3) is 0.500. The van der Waals surface area contributed by atoms with Crippen LogP contribution in [0.25, 0.3) is 0 Å². The number of carbonyl (C=O) groups is 2. The van der Waals surface area contributed by atoms with E-state index in [2.05, 4.69) is 5.32 Å². The molecule has 1 rings (SSSR count). The van der Waals surface area contributed by atoms with Crippen LogP contribution in [-0.2, 0) is 16.1 Å². The average molecular weight is 292 g/mol. The van der Waals surface area contributed by atoms with E-state index in [9.17, 15) is 9.59 Å². The SMILES string of the molecule is CCN(C(=O)C(=O)NCc1ccc(OC)cc1)C(C)(C)C. The molecule has 0 unspecified atom stereocenters. The maximum absolute atomic E-state index is 12.1. The van der Waals surface area contributed by atoms with Gasteiger partial charge in [0.2, 0.25) is 0 Å². The summed E-state index contributed by atoms with van der Waals surface area (Å²) in [7, 11) is 1.60. The van der Waals surface area contributed by atoms with Gasteiger partial charge in [-0.1, -0.05) is 12.1 Å². The van der Waals surface area contributed by atoms with Gasteiger partial charge in [0.05, 0.1) is 7.11 Å². The molecule has 0 aliphatic rings. The molecule has 0 spiro atoms. The van der Waals surface area contributed by atoms with Crippen molar-refractivity contribution in [2.75, 3.05) is 13.7 Å². The Morgan fingerprint density at radius 1 is 1.19 bits per heavy atom. The molecule has 116 valence electrons. The molecule has 0 aromatic heterocycles. The quantitative estimate of drug-likeness (QED) is 0.863. The van der Waals surface area contributed by atoms with Gasteiger partial charge in [-0.05, 0) is 45.4 Å². The van der Waals surface area contributed by atoms with E-state index in [0.29, 0.717) is 13.1 Å². The first kappa shape index (κ1) is 17.0. The van der Waals surface area contributed by atoms with Crippen LogP contribution in [-0.4, -0.2) is 35.9 Å². The molecule has 2 amide bonds. The number of hydrogen-bond acceptors (Lipinski definition) is 3. The Morgan fingerprint density at radius 3 is 2.19 bits per heavy atom. The van der Waals surface area contributed by atoms with Crippen molar-refractivity contribution in [1.82, 2.24) is 10.2 Å². The zero-order chi connectivity index (χ0) is 16.0. The predicted molar refractivity (Wildman–Crippen MR) is 82.0 cm³/mol. The van der Waals surface area contributed by atoms with Gasteiger partial charge in [0.15, 0.2) is 0 Å². The molecule has 0 saturated carbocycles. The summed E-state index contributed by atoms with van der Waals surface area (Å²) in [5, 5.41) is 2.65. The number of carbonyl (C=O) groups excluding carboxylic acids is 2. The number of rotatable bonds is 4. The average Bonchev–Trinajstić information content (AvgIpc) is 2.44. The Bertz CT molecular complexity index is 489. The molecular formula is C16H24N2O3. The van der Waals surface area contributed by atoms with Gasteiger partial charge in [-0.3, -0.25) is 9.59 Å². The van der Waals surface area contributed by atoms with Crippen molar-refractivity contribution in [3.8, 4) is 5.75 Å². The summed E-state index contributed by atoms with van der Waals surface area (Å²) in [5.41, 5.74) is 0.541. The van der Waals surface area contributed by atoms with Crippen molar-refractivity contribution >= 4 is 11.8 Å². The first-order valence-electron chi connectivity index (χ1n) is 7.02. The molecule has 0 saturated heterocycles. The van der Waals surface area contributed by atoms with Crippen LogP contribution in [0.3, 0.4) is 0 Å². The summed E-state index contributed by atoms with van der Waals surface area (Å²) >= 11 is 0. The van der Waals surface area contributed by atoms with Gasteiger partial charge in [0.25, 0.3) is 0 Å². The zero-order valence-electron chi connectivity index (χ0n) is 13.4. The first-order chi connectivity index (χ1) is 9.79. The van der Waals surface area contributed by atoms with Crippen LogP contribution in [0.2, 0.25) is 0 Å². The predicted octanol–water partition coefficient (Wildman–Crippen LogP) is 1.96. The van der Waals surface area contributed by atoms with E-state index in [1.807, 2.05) is 52.0 Å². The minimum Gasteiger partial charge on any atom is -0.497 e. The highest BCUT2D eigenvalue weighted by Crippen LogP contribution is 2.13. The molecule has 21 heavy (non-hydrogen) atoms. The molecular weight excluding hydrogens is 268 g/mol. The Kier molecular flexibility index (Phi) is 5.76. The third-order valence-corrected chi connectivity index (χ3v) is 3.18. The third kappa shape index (κ3) is 4.77. The lowest BCUT2D eigenvalue weighted by atomic mass is 10.1. The lowest BCUT2D eigenvalue weighted by molar-refractivity contribution is -0.149. The standard InChI is InChI=1S/C16H24N2O3/c1-6-18(16(2,3)4)15(20)14(19)17-11-12-7-9-13(21-5)10-8-12/h7-10H,6,11H2,1-5H3,(H,17,19). The summed E-state index contributed by atoms with van der Waals surface area (Å²) < 4.78 is 5.07. The maximum atomic E-state index is 12.1. The summed E-state index contributed by atoms with van der Waals surface area (Å²) in [6.45, 7) is 8.40. The van der Waals surface area contributed by atoms with E-state index < -0.39 is 11.8 Å². The summed E-state index contributed by atoms with van der Waals surface area (Å²) in [6.07, 6.45) is 0. The lowest BCUT2D eigenvalue weighted by Gasteiger charge is -2.34. The van der Waals surface area contributed by atoms with E-state index in [1.54, 1.807) is 12.0 Å².